The molecule has 0 saturated carbocycles. The molecule has 180 valence electrons. The fraction of sp³-hybridized carbons (Fsp3) is 0.286. The molecule has 1 aliphatic heterocycles. The highest BCUT2D eigenvalue weighted by atomic mass is 19.2. The molecule has 0 saturated heterocycles. The molecule has 4 aromatic rings. The molecule has 35 heavy (non-hydrogen) atoms. The van der Waals surface area contributed by atoms with Crippen LogP contribution in [-0.2, 0) is 16.0 Å². The van der Waals surface area contributed by atoms with Crippen LogP contribution in [-0.4, -0.2) is 28.3 Å². The van der Waals surface area contributed by atoms with Crippen LogP contribution in [0.1, 0.15) is 43.6 Å². The summed E-state index contributed by atoms with van der Waals surface area (Å²) in [5, 5.41) is 11.9. The Labute approximate surface area is 201 Å². The van der Waals surface area contributed by atoms with Gasteiger partial charge in [0.15, 0.2) is 17.7 Å². The zero-order valence-electron chi connectivity index (χ0n) is 19.9. The van der Waals surface area contributed by atoms with Gasteiger partial charge in [-0.05, 0) is 85.5 Å². The average Bonchev–Trinajstić information content (AvgIpc) is 2.78. The average molecular weight is 478 g/mol. The van der Waals surface area contributed by atoms with Crippen molar-refractivity contribution >= 4 is 27.6 Å². The predicted molar refractivity (Wildman–Crippen MR) is 130 cm³/mol. The zero-order chi connectivity index (χ0) is 25.1. The number of aromatic nitrogens is 1. The zero-order valence-corrected chi connectivity index (χ0v) is 19.9. The molecule has 1 aromatic heterocycles. The number of ether oxygens (including phenoxy) is 2. The number of rotatable bonds is 4. The quantitative estimate of drug-likeness (QED) is 0.363. The molecule has 0 amide bonds. The largest absolute Gasteiger partial charge is 0.493 e. The normalized spacial score (nSPS) is 14.2. The fourth-order valence-corrected chi connectivity index (χ4v) is 4.87. The Morgan fingerprint density at radius 2 is 1.89 bits per heavy atom. The van der Waals surface area contributed by atoms with Crippen molar-refractivity contribution in [2.24, 2.45) is 0 Å². The molecule has 7 heteroatoms. The highest BCUT2D eigenvalue weighted by Crippen LogP contribution is 2.45. The van der Waals surface area contributed by atoms with Crippen LogP contribution in [0, 0.1) is 18.6 Å². The van der Waals surface area contributed by atoms with Gasteiger partial charge >= 0.3 is 5.97 Å². The summed E-state index contributed by atoms with van der Waals surface area (Å²) in [5.41, 5.74) is 2.93. The van der Waals surface area contributed by atoms with Gasteiger partial charge in [0.25, 0.3) is 0 Å². The molecule has 0 bridgehead atoms. The van der Waals surface area contributed by atoms with Crippen LogP contribution in [0.2, 0.25) is 0 Å². The van der Waals surface area contributed by atoms with Gasteiger partial charge in [0.1, 0.15) is 5.75 Å². The molecule has 0 aliphatic carbocycles. The lowest BCUT2D eigenvalue weighted by Crippen LogP contribution is -2.28. The van der Waals surface area contributed by atoms with E-state index in [2.05, 4.69) is 4.98 Å². The maximum absolute atomic E-state index is 14.6. The van der Waals surface area contributed by atoms with Gasteiger partial charge in [-0.3, -0.25) is 4.98 Å². The standard InChI is InChI=1S/C28H25F2NO4/c1-14-11-16-12-19(29)20(30)13-18(16)24(22(14)26(27(32)33)35-28(2,3)4)17-5-6-21-23-15(8-10-34-21)7-9-31-25(17)23/h5-7,9,11-13,26H,8,10H2,1-4H3,(H,32,33)/t26-/m0/s1. The van der Waals surface area contributed by atoms with Gasteiger partial charge in [0.05, 0.1) is 17.7 Å². The van der Waals surface area contributed by atoms with Crippen LogP contribution in [0.3, 0.4) is 0 Å². The molecule has 5 rings (SSSR count). The number of halogens is 2. The van der Waals surface area contributed by atoms with Crippen LogP contribution >= 0.6 is 0 Å². The van der Waals surface area contributed by atoms with E-state index in [4.69, 9.17) is 9.47 Å². The summed E-state index contributed by atoms with van der Waals surface area (Å²) >= 11 is 0. The third-order valence-electron chi connectivity index (χ3n) is 6.22. The summed E-state index contributed by atoms with van der Waals surface area (Å²) in [6.45, 7) is 7.62. The molecule has 0 fully saturated rings. The van der Waals surface area contributed by atoms with E-state index in [1.807, 2.05) is 12.1 Å². The predicted octanol–water partition coefficient (Wildman–Crippen LogP) is 6.52. The van der Waals surface area contributed by atoms with E-state index < -0.39 is 29.3 Å². The SMILES string of the molecule is Cc1cc2cc(F)c(F)cc2c(-c2ccc3c4c(ccnc24)CCO3)c1[C@H](OC(C)(C)C)C(=O)O. The number of nitrogens with zero attached hydrogens (tertiary/aromatic N) is 1. The van der Waals surface area contributed by atoms with Crippen LogP contribution < -0.4 is 4.74 Å². The number of aliphatic carboxylic acids is 1. The molecule has 0 unspecified atom stereocenters. The first-order valence-electron chi connectivity index (χ1n) is 11.4. The van der Waals surface area contributed by atoms with E-state index in [1.54, 1.807) is 46.0 Å². The Kier molecular flexibility index (Phi) is 5.48. The second kappa shape index (κ2) is 8.27. The Morgan fingerprint density at radius 3 is 2.60 bits per heavy atom. The minimum atomic E-state index is -1.34. The summed E-state index contributed by atoms with van der Waals surface area (Å²) in [6.07, 6.45) is 1.07. The Morgan fingerprint density at radius 1 is 1.14 bits per heavy atom. The van der Waals surface area contributed by atoms with Crippen molar-refractivity contribution in [1.82, 2.24) is 4.98 Å². The van der Waals surface area contributed by atoms with Gasteiger partial charge in [0, 0.05) is 29.1 Å². The van der Waals surface area contributed by atoms with Crippen molar-refractivity contribution in [1.29, 1.82) is 0 Å². The van der Waals surface area contributed by atoms with Gasteiger partial charge in [-0.25, -0.2) is 13.6 Å². The number of carboxylic acids is 1. The van der Waals surface area contributed by atoms with Crippen molar-refractivity contribution in [3.63, 3.8) is 0 Å². The second-order valence-corrected chi connectivity index (χ2v) is 9.82. The molecule has 3 aromatic carbocycles. The van der Waals surface area contributed by atoms with Crippen LogP contribution in [0.25, 0.3) is 32.8 Å². The third kappa shape index (κ3) is 4.00. The summed E-state index contributed by atoms with van der Waals surface area (Å²) in [4.78, 5) is 17.1. The molecular weight excluding hydrogens is 452 g/mol. The minimum absolute atomic E-state index is 0.380. The van der Waals surface area contributed by atoms with Gasteiger partial charge in [0.2, 0.25) is 0 Å². The van der Waals surface area contributed by atoms with Gasteiger partial charge in [-0.15, -0.1) is 0 Å². The molecule has 5 nitrogen and oxygen atoms in total. The number of carbonyl (C=O) groups is 1. The first-order valence-corrected chi connectivity index (χ1v) is 11.4. The first-order chi connectivity index (χ1) is 16.5. The number of hydrogen-bond donors (Lipinski definition) is 1. The van der Waals surface area contributed by atoms with Crippen LogP contribution in [0.5, 0.6) is 5.75 Å². The molecule has 1 N–H and O–H groups in total. The van der Waals surface area contributed by atoms with Gasteiger partial charge in [-0.2, -0.15) is 0 Å². The summed E-state index contributed by atoms with van der Waals surface area (Å²) < 4.78 is 40.6. The van der Waals surface area contributed by atoms with Crippen molar-refractivity contribution in [3.05, 3.63) is 70.9 Å². The number of fused-ring (bicyclic) bond motifs is 1. The maximum atomic E-state index is 14.6. The smallest absolute Gasteiger partial charge is 0.337 e. The Hall–Kier alpha value is -3.58. The number of pyridine rings is 1. The topological polar surface area (TPSA) is 68.7 Å². The summed E-state index contributed by atoms with van der Waals surface area (Å²) in [6, 6.07) is 9.47. The summed E-state index contributed by atoms with van der Waals surface area (Å²) in [7, 11) is 0. The van der Waals surface area contributed by atoms with E-state index in [0.717, 1.165) is 23.1 Å². The van der Waals surface area contributed by atoms with Gasteiger partial charge < -0.3 is 14.6 Å². The fourth-order valence-electron chi connectivity index (χ4n) is 4.87. The van der Waals surface area contributed by atoms with E-state index in [-0.39, 0.29) is 0 Å². The third-order valence-corrected chi connectivity index (χ3v) is 6.22. The lowest BCUT2D eigenvalue weighted by Gasteiger charge is -2.29. The lowest BCUT2D eigenvalue weighted by atomic mass is 9.85. The number of benzene rings is 3. The number of hydrogen-bond acceptors (Lipinski definition) is 4. The first kappa shape index (κ1) is 23.2. The lowest BCUT2D eigenvalue weighted by molar-refractivity contribution is -0.160. The monoisotopic (exact) mass is 477 g/mol. The van der Waals surface area contributed by atoms with Crippen molar-refractivity contribution in [2.45, 2.75) is 45.8 Å². The second-order valence-electron chi connectivity index (χ2n) is 9.82. The minimum Gasteiger partial charge on any atom is -0.493 e. The van der Waals surface area contributed by atoms with Crippen LogP contribution in [0.4, 0.5) is 8.78 Å². The van der Waals surface area contributed by atoms with E-state index in [9.17, 15) is 18.7 Å². The molecule has 0 radical (unpaired) electrons. The number of aryl methyl sites for hydroxylation is 1. The Balaban J connectivity index is 1.94. The summed E-state index contributed by atoms with van der Waals surface area (Å²) in [5.74, 6) is -2.48. The van der Waals surface area contributed by atoms with E-state index in [1.165, 1.54) is 0 Å². The van der Waals surface area contributed by atoms with Gasteiger partial charge in [-0.1, -0.05) is 6.07 Å². The highest BCUT2D eigenvalue weighted by molar-refractivity contribution is 6.08. The molecule has 1 aliphatic rings. The van der Waals surface area contributed by atoms with Crippen molar-refractivity contribution < 1.29 is 28.2 Å². The van der Waals surface area contributed by atoms with Crippen LogP contribution in [0.15, 0.2) is 42.6 Å². The Bertz CT molecular complexity index is 1500. The van der Waals surface area contributed by atoms with E-state index in [0.29, 0.717) is 57.3 Å². The molecule has 0 spiro atoms. The van der Waals surface area contributed by atoms with Crippen molar-refractivity contribution in [3.8, 4) is 16.9 Å². The molecule has 1 atom stereocenters. The molecular formula is C28H25F2NO4. The maximum Gasteiger partial charge on any atom is 0.337 e. The van der Waals surface area contributed by atoms with Crippen molar-refractivity contribution in [2.75, 3.05) is 6.61 Å². The van der Waals surface area contributed by atoms with E-state index >= 15 is 0 Å². The number of carboxylic acid groups (broad SMARTS) is 1. The highest BCUT2D eigenvalue weighted by Gasteiger charge is 2.33. The molecule has 2 heterocycles.